The van der Waals surface area contributed by atoms with Gasteiger partial charge >= 0.3 is 0 Å². The molecule has 0 spiro atoms. The van der Waals surface area contributed by atoms with E-state index in [9.17, 15) is 17.0 Å². The molecule has 0 aliphatic carbocycles. The van der Waals surface area contributed by atoms with Crippen molar-refractivity contribution in [3.63, 3.8) is 0 Å². The summed E-state index contributed by atoms with van der Waals surface area (Å²) in [5.74, 6) is -5.10. The summed E-state index contributed by atoms with van der Waals surface area (Å²) >= 11 is 0. The quantitative estimate of drug-likeness (QED) is 0.344. The van der Waals surface area contributed by atoms with Crippen molar-refractivity contribution in [2.75, 3.05) is 13.3 Å². The van der Waals surface area contributed by atoms with Crippen LogP contribution in [0.3, 0.4) is 0 Å². The molecule has 0 radical (unpaired) electrons. The first-order valence-corrected chi connectivity index (χ1v) is 13.6. The van der Waals surface area contributed by atoms with E-state index in [1.807, 2.05) is 0 Å². The zero-order chi connectivity index (χ0) is 26.4. The van der Waals surface area contributed by atoms with E-state index >= 15 is 8.78 Å². The Kier molecular flexibility index (Phi) is 6.32. The molecule has 4 aromatic rings. The highest BCUT2D eigenvalue weighted by Gasteiger charge is 2.31. The lowest BCUT2D eigenvalue weighted by Crippen LogP contribution is -2.14. The molecule has 0 bridgehead atoms. The zero-order valence-electron chi connectivity index (χ0n) is 19.1. The fraction of sp³-hybridized carbons (Fsp3) is 0.125. The average molecular weight is 534 g/mol. The van der Waals surface area contributed by atoms with Crippen LogP contribution in [0.2, 0.25) is 0 Å². The SMILES string of the molecule is CN=S(C)(=O)c1c(Oc2ccc(F)c(C#N)c2)c(F)c(F)c2c1ccn2S(=O)(=O)c1ccc(C)cc1. The number of nitriles is 1. The van der Waals surface area contributed by atoms with Gasteiger partial charge in [0.15, 0.2) is 11.6 Å². The van der Waals surface area contributed by atoms with Crippen LogP contribution in [0.4, 0.5) is 13.2 Å². The van der Waals surface area contributed by atoms with Gasteiger partial charge < -0.3 is 4.74 Å². The minimum absolute atomic E-state index is 0.167. The minimum Gasteiger partial charge on any atom is -0.453 e. The third kappa shape index (κ3) is 4.10. The molecule has 1 aromatic heterocycles. The van der Waals surface area contributed by atoms with Gasteiger partial charge in [0, 0.05) is 31.0 Å². The van der Waals surface area contributed by atoms with E-state index in [1.54, 1.807) is 25.1 Å². The number of nitrogens with zero attached hydrogens (tertiary/aromatic N) is 3. The molecule has 0 fully saturated rings. The van der Waals surface area contributed by atoms with Gasteiger partial charge in [0.1, 0.15) is 28.0 Å². The Balaban J connectivity index is 2.04. The van der Waals surface area contributed by atoms with E-state index in [0.29, 0.717) is 3.97 Å². The summed E-state index contributed by atoms with van der Waals surface area (Å²) in [6.07, 6.45) is 2.18. The normalized spacial score (nSPS) is 13.2. The highest BCUT2D eigenvalue weighted by atomic mass is 32.2. The second-order valence-corrected chi connectivity index (χ2v) is 12.0. The van der Waals surface area contributed by atoms with E-state index in [2.05, 4.69) is 4.36 Å². The Hall–Kier alpha value is -3.82. The number of rotatable bonds is 5. The summed E-state index contributed by atoms with van der Waals surface area (Å²) in [5, 5.41) is 8.85. The van der Waals surface area contributed by atoms with Crippen molar-refractivity contribution in [2.24, 2.45) is 4.36 Å². The van der Waals surface area contributed by atoms with Gasteiger partial charge in [-0.1, -0.05) is 17.7 Å². The molecule has 12 heteroatoms. The molecule has 0 amide bonds. The van der Waals surface area contributed by atoms with Gasteiger partial charge in [-0.05, 0) is 37.3 Å². The molecular weight excluding hydrogens is 515 g/mol. The lowest BCUT2D eigenvalue weighted by atomic mass is 10.2. The van der Waals surface area contributed by atoms with Crippen molar-refractivity contribution in [2.45, 2.75) is 16.7 Å². The molecular formula is C24H18F3N3O4S2. The lowest BCUT2D eigenvalue weighted by Gasteiger charge is -2.17. The van der Waals surface area contributed by atoms with Gasteiger partial charge in [-0.15, -0.1) is 0 Å². The fourth-order valence-electron chi connectivity index (χ4n) is 3.59. The van der Waals surface area contributed by atoms with Crippen LogP contribution >= 0.6 is 0 Å². The van der Waals surface area contributed by atoms with Gasteiger partial charge in [0.2, 0.25) is 5.82 Å². The summed E-state index contributed by atoms with van der Waals surface area (Å²) in [6.45, 7) is 1.76. The fourth-order valence-corrected chi connectivity index (χ4v) is 6.17. The summed E-state index contributed by atoms with van der Waals surface area (Å²) in [7, 11) is -6.61. The van der Waals surface area contributed by atoms with Crippen molar-refractivity contribution >= 4 is 30.7 Å². The van der Waals surface area contributed by atoms with Gasteiger partial charge in [0.05, 0.1) is 20.2 Å². The van der Waals surface area contributed by atoms with Gasteiger partial charge in [-0.2, -0.15) is 9.65 Å². The number of fused-ring (bicyclic) bond motifs is 1. The molecule has 0 saturated heterocycles. The van der Waals surface area contributed by atoms with Crippen LogP contribution in [0.25, 0.3) is 10.9 Å². The Bertz CT molecular complexity index is 1800. The van der Waals surface area contributed by atoms with Crippen molar-refractivity contribution in [1.82, 2.24) is 3.97 Å². The topological polar surface area (TPSA) is 102 Å². The van der Waals surface area contributed by atoms with Crippen LogP contribution < -0.4 is 4.74 Å². The largest absolute Gasteiger partial charge is 0.453 e. The number of aromatic nitrogens is 1. The highest BCUT2D eigenvalue weighted by Crippen LogP contribution is 2.41. The maximum Gasteiger partial charge on any atom is 0.268 e. The number of ether oxygens (including phenoxy) is 1. The van der Waals surface area contributed by atoms with Crippen LogP contribution in [0.15, 0.2) is 68.9 Å². The zero-order valence-corrected chi connectivity index (χ0v) is 20.8. The smallest absolute Gasteiger partial charge is 0.268 e. The molecule has 3 aromatic carbocycles. The number of hydrogen-bond donors (Lipinski definition) is 0. The highest BCUT2D eigenvalue weighted by molar-refractivity contribution is 7.93. The van der Waals surface area contributed by atoms with Crippen molar-refractivity contribution in [1.29, 1.82) is 5.26 Å². The van der Waals surface area contributed by atoms with E-state index in [0.717, 1.165) is 36.2 Å². The summed E-state index contributed by atoms with van der Waals surface area (Å²) in [6, 6.07) is 11.5. The molecule has 0 aliphatic heterocycles. The predicted octanol–water partition coefficient (Wildman–Crippen LogP) is 5.35. The number of aryl methyl sites for hydroxylation is 1. The molecule has 7 nitrogen and oxygen atoms in total. The first-order chi connectivity index (χ1) is 16.9. The number of halogens is 3. The summed E-state index contributed by atoms with van der Waals surface area (Å²) < 4.78 is 94.5. The molecule has 0 saturated carbocycles. The Morgan fingerprint density at radius 1 is 1.00 bits per heavy atom. The molecule has 1 unspecified atom stereocenters. The molecule has 0 aliphatic rings. The molecule has 186 valence electrons. The van der Waals surface area contributed by atoms with Crippen molar-refractivity contribution in [3.05, 3.63) is 83.3 Å². The maximum absolute atomic E-state index is 15.5. The maximum atomic E-state index is 15.5. The average Bonchev–Trinajstić information content (AvgIpc) is 3.29. The van der Waals surface area contributed by atoms with Gasteiger partial charge in [-0.25, -0.2) is 29.7 Å². The minimum atomic E-state index is -4.36. The third-order valence-electron chi connectivity index (χ3n) is 5.49. The van der Waals surface area contributed by atoms with E-state index in [4.69, 9.17) is 10.00 Å². The second-order valence-electron chi connectivity index (χ2n) is 7.82. The summed E-state index contributed by atoms with van der Waals surface area (Å²) in [5.41, 5.74) is -0.294. The van der Waals surface area contributed by atoms with Crippen LogP contribution in [0.1, 0.15) is 11.1 Å². The monoisotopic (exact) mass is 533 g/mol. The standard InChI is InChI=1S/C24H18F3N3O4S2/c1-14-4-7-17(8-5-14)36(32,33)30-11-10-18-22(30)20(26)21(27)23(24(18)35(3,31)29-2)34-16-6-9-19(25)15(12-16)13-28/h4-12H,1-3H3. The van der Waals surface area contributed by atoms with Crippen LogP contribution in [0.5, 0.6) is 11.5 Å². The van der Waals surface area contributed by atoms with Gasteiger partial charge in [-0.3, -0.25) is 0 Å². The molecule has 1 heterocycles. The van der Waals surface area contributed by atoms with Gasteiger partial charge in [0.25, 0.3) is 10.0 Å². The van der Waals surface area contributed by atoms with E-state index < -0.39 is 54.0 Å². The lowest BCUT2D eigenvalue weighted by molar-refractivity contribution is 0.408. The Labute approximate surface area is 205 Å². The first-order valence-electron chi connectivity index (χ1n) is 10.2. The Morgan fingerprint density at radius 2 is 1.67 bits per heavy atom. The second kappa shape index (κ2) is 9.00. The number of benzene rings is 3. The van der Waals surface area contributed by atoms with E-state index in [1.165, 1.54) is 25.2 Å². The predicted molar refractivity (Wildman–Crippen MR) is 127 cm³/mol. The van der Waals surface area contributed by atoms with Crippen LogP contribution in [0, 0.1) is 35.7 Å². The van der Waals surface area contributed by atoms with Crippen molar-refractivity contribution < 1.29 is 30.5 Å². The van der Waals surface area contributed by atoms with Crippen LogP contribution in [-0.4, -0.2) is 29.9 Å². The molecule has 36 heavy (non-hydrogen) atoms. The third-order valence-corrected chi connectivity index (χ3v) is 9.04. The summed E-state index contributed by atoms with van der Waals surface area (Å²) in [4.78, 5) is -0.556. The molecule has 1 atom stereocenters. The molecule has 0 N–H and O–H groups in total. The van der Waals surface area contributed by atoms with Crippen LogP contribution in [-0.2, 0) is 19.8 Å². The van der Waals surface area contributed by atoms with Crippen molar-refractivity contribution in [3.8, 4) is 17.6 Å². The molecule has 4 rings (SSSR count). The Morgan fingerprint density at radius 3 is 2.28 bits per heavy atom. The number of hydrogen-bond acceptors (Lipinski definition) is 6. The first kappa shape index (κ1) is 25.3. The van der Waals surface area contributed by atoms with E-state index in [-0.39, 0.29) is 20.9 Å².